The first-order valence-corrected chi connectivity index (χ1v) is 10.9. The summed E-state index contributed by atoms with van der Waals surface area (Å²) < 4.78 is 30.0. The number of anilines is 2. The predicted octanol–water partition coefficient (Wildman–Crippen LogP) is 5.52. The van der Waals surface area contributed by atoms with E-state index in [9.17, 15) is 4.39 Å². The molecular weight excluding hydrogens is 431 g/mol. The van der Waals surface area contributed by atoms with E-state index in [0.29, 0.717) is 28.6 Å². The van der Waals surface area contributed by atoms with E-state index in [0.717, 1.165) is 37.6 Å². The highest BCUT2D eigenvalue weighted by Gasteiger charge is 2.11. The first kappa shape index (κ1) is 22.2. The Morgan fingerprint density at radius 1 is 1.00 bits per heavy atom. The van der Waals surface area contributed by atoms with Gasteiger partial charge in [0.1, 0.15) is 12.4 Å². The Bertz CT molecular complexity index is 1040. The average Bonchev–Trinajstić information content (AvgIpc) is 2.83. The summed E-state index contributed by atoms with van der Waals surface area (Å²) in [6.45, 7) is 4.28. The number of rotatable bonds is 8. The molecule has 1 saturated heterocycles. The molecule has 1 fully saturated rings. The Morgan fingerprint density at radius 2 is 1.78 bits per heavy atom. The monoisotopic (exact) mass is 456 g/mol. The lowest BCUT2D eigenvalue weighted by Gasteiger charge is -2.29. The first-order valence-electron chi connectivity index (χ1n) is 10.5. The number of nitrogens with one attached hydrogen (secondary N) is 1. The summed E-state index contributed by atoms with van der Waals surface area (Å²) in [5, 5.41) is 3.78. The summed E-state index contributed by atoms with van der Waals surface area (Å²) in [5.74, 6) is 0.862. The van der Waals surface area contributed by atoms with Gasteiger partial charge in [0.2, 0.25) is 0 Å². The molecule has 5 nitrogen and oxygen atoms in total. The smallest absolute Gasteiger partial charge is 0.161 e. The topological polar surface area (TPSA) is 43.0 Å². The number of hydrogen-bond acceptors (Lipinski definition) is 5. The minimum atomic E-state index is -0.371. The number of nitrogens with zero attached hydrogens (tertiary/aromatic N) is 1. The Morgan fingerprint density at radius 3 is 2.50 bits per heavy atom. The molecule has 0 unspecified atom stereocenters. The van der Waals surface area contributed by atoms with Gasteiger partial charge in [-0.2, -0.15) is 0 Å². The van der Waals surface area contributed by atoms with Gasteiger partial charge in [-0.3, -0.25) is 0 Å². The van der Waals surface area contributed by atoms with Crippen molar-refractivity contribution in [2.24, 2.45) is 0 Å². The molecule has 0 spiro atoms. The molecule has 0 radical (unpaired) electrons. The zero-order valence-corrected chi connectivity index (χ0v) is 18.7. The summed E-state index contributed by atoms with van der Waals surface area (Å²) in [6.07, 6.45) is 0. The SMILES string of the molecule is COc1cc(CNc2ccc(N3CCOCC3)cc2)ccc1OCc1ccc(F)cc1Cl. The fourth-order valence-electron chi connectivity index (χ4n) is 3.55. The lowest BCUT2D eigenvalue weighted by atomic mass is 10.2. The molecule has 0 atom stereocenters. The minimum absolute atomic E-state index is 0.225. The molecule has 7 heteroatoms. The fourth-order valence-corrected chi connectivity index (χ4v) is 3.77. The molecule has 1 heterocycles. The maximum absolute atomic E-state index is 13.2. The number of methoxy groups -OCH3 is 1. The molecule has 1 aliphatic rings. The van der Waals surface area contributed by atoms with Crippen molar-refractivity contribution in [1.82, 2.24) is 0 Å². The molecule has 0 aliphatic carbocycles. The van der Waals surface area contributed by atoms with E-state index < -0.39 is 0 Å². The Kier molecular flexibility index (Phi) is 7.35. The van der Waals surface area contributed by atoms with Crippen molar-refractivity contribution in [1.29, 1.82) is 0 Å². The standard InChI is InChI=1S/C25H26ClFN2O3/c1-30-25-14-18(2-9-24(25)32-17-19-3-4-20(27)15-23(19)26)16-28-21-5-7-22(8-6-21)29-10-12-31-13-11-29/h2-9,14-15,28H,10-13,16-17H2,1H3. The van der Waals surface area contributed by atoms with Crippen molar-refractivity contribution in [2.75, 3.05) is 43.6 Å². The second-order valence-corrected chi connectivity index (χ2v) is 7.92. The van der Waals surface area contributed by atoms with Crippen molar-refractivity contribution >= 4 is 23.0 Å². The van der Waals surface area contributed by atoms with Crippen molar-refractivity contribution in [3.63, 3.8) is 0 Å². The lowest BCUT2D eigenvalue weighted by molar-refractivity contribution is 0.122. The maximum atomic E-state index is 13.2. The van der Waals surface area contributed by atoms with Crippen LogP contribution in [0.3, 0.4) is 0 Å². The van der Waals surface area contributed by atoms with Crippen LogP contribution < -0.4 is 19.7 Å². The van der Waals surface area contributed by atoms with Gasteiger partial charge in [-0.15, -0.1) is 0 Å². The van der Waals surface area contributed by atoms with Crippen LogP contribution in [-0.4, -0.2) is 33.4 Å². The first-order chi connectivity index (χ1) is 15.6. The Labute approximate surface area is 192 Å². The van der Waals surface area contributed by atoms with Crippen molar-refractivity contribution in [2.45, 2.75) is 13.2 Å². The molecule has 0 bridgehead atoms. The van der Waals surface area contributed by atoms with Gasteiger partial charge in [0, 0.05) is 36.6 Å². The molecule has 4 rings (SSSR count). The molecule has 1 aliphatic heterocycles. The number of morpholine rings is 1. The van der Waals surface area contributed by atoms with Crippen LogP contribution in [0, 0.1) is 5.82 Å². The van der Waals surface area contributed by atoms with Crippen molar-refractivity contribution in [3.05, 3.63) is 82.6 Å². The van der Waals surface area contributed by atoms with Gasteiger partial charge >= 0.3 is 0 Å². The van der Waals surface area contributed by atoms with Crippen molar-refractivity contribution < 1.29 is 18.6 Å². The molecule has 0 amide bonds. The van der Waals surface area contributed by atoms with Gasteiger partial charge in [-0.1, -0.05) is 23.7 Å². The fraction of sp³-hybridized carbons (Fsp3) is 0.280. The normalized spacial score (nSPS) is 13.7. The van der Waals surface area contributed by atoms with Crippen LogP contribution >= 0.6 is 11.6 Å². The molecule has 3 aromatic rings. The van der Waals surface area contributed by atoms with Crippen LogP contribution in [0.1, 0.15) is 11.1 Å². The second kappa shape index (κ2) is 10.6. The highest BCUT2D eigenvalue weighted by Crippen LogP contribution is 2.30. The van der Waals surface area contributed by atoms with E-state index in [-0.39, 0.29) is 12.4 Å². The predicted molar refractivity (Wildman–Crippen MR) is 126 cm³/mol. The quantitative estimate of drug-likeness (QED) is 0.483. The molecule has 168 valence electrons. The highest BCUT2D eigenvalue weighted by molar-refractivity contribution is 6.31. The van der Waals surface area contributed by atoms with Gasteiger partial charge in [-0.25, -0.2) is 4.39 Å². The summed E-state index contributed by atoms with van der Waals surface area (Å²) in [7, 11) is 1.61. The number of hydrogen-bond donors (Lipinski definition) is 1. The van der Waals surface area contributed by atoms with Crippen LogP contribution in [0.2, 0.25) is 5.02 Å². The van der Waals surface area contributed by atoms with Crippen LogP contribution in [0.15, 0.2) is 60.7 Å². The number of benzene rings is 3. The zero-order chi connectivity index (χ0) is 22.3. The third-order valence-electron chi connectivity index (χ3n) is 5.37. The average molecular weight is 457 g/mol. The van der Waals surface area contributed by atoms with Gasteiger partial charge in [0.15, 0.2) is 11.5 Å². The van der Waals surface area contributed by atoms with Gasteiger partial charge in [0.05, 0.1) is 25.3 Å². The van der Waals surface area contributed by atoms with E-state index in [1.807, 2.05) is 18.2 Å². The number of halogens is 2. The maximum Gasteiger partial charge on any atom is 0.161 e. The minimum Gasteiger partial charge on any atom is -0.493 e. The summed E-state index contributed by atoms with van der Waals surface area (Å²) >= 11 is 6.08. The summed E-state index contributed by atoms with van der Waals surface area (Å²) in [5.41, 5.74) is 4.03. The molecule has 0 aromatic heterocycles. The third kappa shape index (κ3) is 5.64. The largest absolute Gasteiger partial charge is 0.493 e. The Hall–Kier alpha value is -2.96. The summed E-state index contributed by atoms with van der Waals surface area (Å²) in [4.78, 5) is 2.33. The molecule has 1 N–H and O–H groups in total. The van der Waals surface area contributed by atoms with Crippen molar-refractivity contribution in [3.8, 4) is 11.5 Å². The van der Waals surface area contributed by atoms with E-state index in [4.69, 9.17) is 25.8 Å². The van der Waals surface area contributed by atoms with E-state index in [1.165, 1.54) is 17.8 Å². The summed E-state index contributed by atoms with van der Waals surface area (Å²) in [6, 6.07) is 18.5. The molecule has 3 aromatic carbocycles. The highest BCUT2D eigenvalue weighted by atomic mass is 35.5. The number of ether oxygens (including phenoxy) is 3. The van der Waals surface area contributed by atoms with Gasteiger partial charge in [-0.05, 0) is 54.1 Å². The van der Waals surface area contributed by atoms with Gasteiger partial charge in [0.25, 0.3) is 0 Å². The molecular formula is C25H26ClFN2O3. The third-order valence-corrected chi connectivity index (χ3v) is 5.72. The van der Waals surface area contributed by atoms with Crippen LogP contribution in [-0.2, 0) is 17.9 Å². The molecule has 0 saturated carbocycles. The van der Waals surface area contributed by atoms with Crippen LogP contribution in [0.4, 0.5) is 15.8 Å². The van der Waals surface area contributed by atoms with Gasteiger partial charge < -0.3 is 24.4 Å². The van der Waals surface area contributed by atoms with Crippen LogP contribution in [0.25, 0.3) is 0 Å². The lowest BCUT2D eigenvalue weighted by Crippen LogP contribution is -2.36. The van der Waals surface area contributed by atoms with E-state index >= 15 is 0 Å². The van der Waals surface area contributed by atoms with E-state index in [1.54, 1.807) is 13.2 Å². The van der Waals surface area contributed by atoms with E-state index in [2.05, 4.69) is 34.5 Å². The second-order valence-electron chi connectivity index (χ2n) is 7.51. The zero-order valence-electron chi connectivity index (χ0n) is 17.9. The molecule has 32 heavy (non-hydrogen) atoms. The Balaban J connectivity index is 1.35. The van der Waals surface area contributed by atoms with Crippen LogP contribution in [0.5, 0.6) is 11.5 Å².